The Hall–Kier alpha value is -2.42. The van der Waals surface area contributed by atoms with Crippen molar-refractivity contribution in [3.8, 4) is 0 Å². The summed E-state index contributed by atoms with van der Waals surface area (Å²) in [5.41, 5.74) is 0.331. The summed E-state index contributed by atoms with van der Waals surface area (Å²) in [6.07, 6.45) is 1.60. The van der Waals surface area contributed by atoms with E-state index in [0.29, 0.717) is 10.8 Å². The average Bonchev–Trinajstić information content (AvgIpc) is 2.93. The van der Waals surface area contributed by atoms with E-state index < -0.39 is 4.92 Å². The molecule has 0 atom stereocenters. The van der Waals surface area contributed by atoms with Crippen LogP contribution in [0, 0.1) is 10.1 Å². The van der Waals surface area contributed by atoms with Crippen molar-refractivity contribution in [1.29, 1.82) is 0 Å². The molecule has 1 N–H and O–H groups in total. The third-order valence-electron chi connectivity index (χ3n) is 2.59. The molecule has 0 aliphatic carbocycles. The summed E-state index contributed by atoms with van der Waals surface area (Å²) in [4.78, 5) is 22.0. The molecule has 0 saturated heterocycles. The highest BCUT2D eigenvalue weighted by atomic mass is 32.2. The summed E-state index contributed by atoms with van der Waals surface area (Å²) in [6, 6.07) is 5.81. The molecule has 110 valence electrons. The summed E-state index contributed by atoms with van der Waals surface area (Å²) in [5.74, 6) is -0.104. The molecule has 0 aliphatic heterocycles. The highest BCUT2D eigenvalue weighted by Gasteiger charge is 2.10. The lowest BCUT2D eigenvalue weighted by molar-refractivity contribution is -0.384. The average molecular weight is 307 g/mol. The molecule has 0 saturated carbocycles. The highest BCUT2D eigenvalue weighted by Crippen LogP contribution is 2.18. The Balaban J connectivity index is 1.93. The molecule has 1 aromatic heterocycles. The quantitative estimate of drug-likeness (QED) is 0.497. The van der Waals surface area contributed by atoms with Crippen LogP contribution in [0.2, 0.25) is 0 Å². The lowest BCUT2D eigenvalue weighted by Gasteiger charge is -2.05. The van der Waals surface area contributed by atoms with E-state index in [4.69, 9.17) is 0 Å². The van der Waals surface area contributed by atoms with Crippen LogP contribution in [0.3, 0.4) is 0 Å². The number of nitro groups is 1. The van der Waals surface area contributed by atoms with Crippen molar-refractivity contribution >= 4 is 29.0 Å². The number of nitro benzene ring substituents is 1. The van der Waals surface area contributed by atoms with Gasteiger partial charge in [0.1, 0.15) is 6.33 Å². The molecule has 1 heterocycles. The SMILES string of the molecule is CCn1cnnc1SCC(=O)Nc1cccc([N+](=O)[O-])c1. The number of nitrogens with zero attached hydrogens (tertiary/aromatic N) is 4. The van der Waals surface area contributed by atoms with E-state index in [2.05, 4.69) is 15.5 Å². The van der Waals surface area contributed by atoms with Gasteiger partial charge in [0.05, 0.1) is 10.7 Å². The maximum absolute atomic E-state index is 11.8. The summed E-state index contributed by atoms with van der Waals surface area (Å²) < 4.78 is 1.82. The zero-order chi connectivity index (χ0) is 15.2. The summed E-state index contributed by atoms with van der Waals surface area (Å²) >= 11 is 1.26. The van der Waals surface area contributed by atoms with Gasteiger partial charge in [-0.3, -0.25) is 14.9 Å². The van der Waals surface area contributed by atoms with E-state index in [1.54, 1.807) is 12.4 Å². The van der Waals surface area contributed by atoms with Gasteiger partial charge in [-0.15, -0.1) is 10.2 Å². The second kappa shape index (κ2) is 6.84. The van der Waals surface area contributed by atoms with E-state index in [1.165, 1.54) is 30.0 Å². The van der Waals surface area contributed by atoms with Gasteiger partial charge in [0.15, 0.2) is 5.16 Å². The van der Waals surface area contributed by atoms with Gasteiger partial charge in [-0.05, 0) is 13.0 Å². The molecular formula is C12H13N5O3S. The molecule has 0 bridgehead atoms. The van der Waals surface area contributed by atoms with Crippen molar-refractivity contribution in [2.75, 3.05) is 11.1 Å². The van der Waals surface area contributed by atoms with Crippen LogP contribution in [0.15, 0.2) is 35.7 Å². The van der Waals surface area contributed by atoms with Gasteiger partial charge in [-0.1, -0.05) is 17.8 Å². The lowest BCUT2D eigenvalue weighted by Crippen LogP contribution is -2.14. The maximum atomic E-state index is 11.8. The van der Waals surface area contributed by atoms with Crippen LogP contribution in [0.5, 0.6) is 0 Å². The number of anilines is 1. The Morgan fingerprint density at radius 2 is 2.33 bits per heavy atom. The molecule has 0 spiro atoms. The molecule has 1 aromatic carbocycles. The second-order valence-corrected chi connectivity index (χ2v) is 4.99. The number of carbonyl (C=O) groups is 1. The van der Waals surface area contributed by atoms with Crippen molar-refractivity contribution in [3.05, 3.63) is 40.7 Å². The zero-order valence-electron chi connectivity index (χ0n) is 11.2. The van der Waals surface area contributed by atoms with Gasteiger partial charge in [0, 0.05) is 24.4 Å². The van der Waals surface area contributed by atoms with Crippen molar-refractivity contribution in [1.82, 2.24) is 14.8 Å². The first kappa shape index (κ1) is 15.0. The molecule has 0 fully saturated rings. The molecule has 2 rings (SSSR count). The monoisotopic (exact) mass is 307 g/mol. The number of aromatic nitrogens is 3. The number of benzene rings is 1. The van der Waals surface area contributed by atoms with Crippen LogP contribution in [0.1, 0.15) is 6.92 Å². The Labute approximate surface area is 124 Å². The standard InChI is InChI=1S/C12H13N5O3S/c1-2-16-8-13-15-12(16)21-7-11(18)14-9-4-3-5-10(6-9)17(19)20/h3-6,8H,2,7H2,1H3,(H,14,18). The molecular weight excluding hydrogens is 294 g/mol. The van der Waals surface area contributed by atoms with E-state index in [0.717, 1.165) is 6.54 Å². The molecule has 0 unspecified atom stereocenters. The first-order valence-corrected chi connectivity index (χ1v) is 7.13. The first-order chi connectivity index (χ1) is 10.1. The molecule has 9 heteroatoms. The first-order valence-electron chi connectivity index (χ1n) is 6.15. The molecule has 0 radical (unpaired) electrons. The van der Waals surface area contributed by atoms with Crippen LogP contribution >= 0.6 is 11.8 Å². The number of carbonyl (C=O) groups excluding carboxylic acids is 1. The number of rotatable bonds is 6. The maximum Gasteiger partial charge on any atom is 0.271 e. The number of aryl methyl sites for hydroxylation is 1. The van der Waals surface area contributed by atoms with Crippen molar-refractivity contribution < 1.29 is 9.72 Å². The molecule has 8 nitrogen and oxygen atoms in total. The van der Waals surface area contributed by atoms with Gasteiger partial charge in [-0.25, -0.2) is 0 Å². The third-order valence-corrected chi connectivity index (χ3v) is 3.57. The summed E-state index contributed by atoms with van der Waals surface area (Å²) in [6.45, 7) is 2.68. The Morgan fingerprint density at radius 1 is 1.52 bits per heavy atom. The minimum atomic E-state index is -0.506. The Morgan fingerprint density at radius 3 is 3.05 bits per heavy atom. The number of non-ortho nitro benzene ring substituents is 1. The Bertz CT molecular complexity index is 658. The van der Waals surface area contributed by atoms with E-state index in [9.17, 15) is 14.9 Å². The number of nitrogens with one attached hydrogen (secondary N) is 1. The van der Waals surface area contributed by atoms with E-state index in [1.807, 2.05) is 11.5 Å². The summed E-state index contributed by atoms with van der Waals surface area (Å²) in [7, 11) is 0. The smallest absolute Gasteiger partial charge is 0.271 e. The normalized spacial score (nSPS) is 10.3. The lowest BCUT2D eigenvalue weighted by atomic mass is 10.3. The minimum Gasteiger partial charge on any atom is -0.325 e. The molecule has 0 aliphatic rings. The van der Waals surface area contributed by atoms with E-state index >= 15 is 0 Å². The van der Waals surface area contributed by atoms with Gasteiger partial charge < -0.3 is 9.88 Å². The fraction of sp³-hybridized carbons (Fsp3) is 0.250. The van der Waals surface area contributed by atoms with Crippen LogP contribution in [-0.2, 0) is 11.3 Å². The number of hydrogen-bond acceptors (Lipinski definition) is 6. The fourth-order valence-electron chi connectivity index (χ4n) is 1.60. The Kier molecular flexibility index (Phi) is 4.88. The molecule has 1 amide bonds. The van der Waals surface area contributed by atoms with Gasteiger partial charge in [0.25, 0.3) is 5.69 Å². The van der Waals surface area contributed by atoms with Crippen LogP contribution in [0.25, 0.3) is 0 Å². The third kappa shape index (κ3) is 4.02. The predicted octanol–water partition coefficient (Wildman–Crippen LogP) is 1.94. The van der Waals surface area contributed by atoms with Gasteiger partial charge in [-0.2, -0.15) is 0 Å². The largest absolute Gasteiger partial charge is 0.325 e. The van der Waals surface area contributed by atoms with Crippen LogP contribution in [0.4, 0.5) is 11.4 Å². The van der Waals surface area contributed by atoms with Crippen LogP contribution < -0.4 is 5.32 Å². The zero-order valence-corrected chi connectivity index (χ0v) is 12.0. The minimum absolute atomic E-state index is 0.0637. The van der Waals surface area contributed by atoms with Gasteiger partial charge >= 0.3 is 0 Å². The number of hydrogen-bond donors (Lipinski definition) is 1. The number of thioether (sulfide) groups is 1. The summed E-state index contributed by atoms with van der Waals surface area (Å²) in [5, 5.41) is 21.6. The predicted molar refractivity (Wildman–Crippen MR) is 78.1 cm³/mol. The van der Waals surface area contributed by atoms with Crippen molar-refractivity contribution in [2.24, 2.45) is 0 Å². The van der Waals surface area contributed by atoms with Gasteiger partial charge in [0.2, 0.25) is 5.91 Å². The second-order valence-electron chi connectivity index (χ2n) is 4.04. The molecule has 21 heavy (non-hydrogen) atoms. The van der Waals surface area contributed by atoms with Crippen molar-refractivity contribution in [3.63, 3.8) is 0 Å². The van der Waals surface area contributed by atoms with E-state index in [-0.39, 0.29) is 17.3 Å². The van der Waals surface area contributed by atoms with Crippen molar-refractivity contribution in [2.45, 2.75) is 18.6 Å². The number of amides is 1. The molecule has 2 aromatic rings. The van der Waals surface area contributed by atoms with Crippen LogP contribution in [-0.4, -0.2) is 31.3 Å². The topological polar surface area (TPSA) is 103 Å². The fourth-order valence-corrected chi connectivity index (χ4v) is 2.38. The highest BCUT2D eigenvalue weighted by molar-refractivity contribution is 7.99.